The van der Waals surface area contributed by atoms with Crippen LogP contribution in [0.25, 0.3) is 0 Å². The molecule has 1 aliphatic rings. The zero-order chi connectivity index (χ0) is 19.9. The van der Waals surface area contributed by atoms with Gasteiger partial charge in [0.05, 0.1) is 14.2 Å². The van der Waals surface area contributed by atoms with Crippen molar-refractivity contribution in [2.24, 2.45) is 11.8 Å². The Morgan fingerprint density at radius 3 is 1.36 bits per heavy atom. The van der Waals surface area contributed by atoms with Crippen LogP contribution in [0.15, 0.2) is 60.7 Å². The summed E-state index contributed by atoms with van der Waals surface area (Å²) in [5, 5.41) is 0. The zero-order valence-electron chi connectivity index (χ0n) is 16.4. The van der Waals surface area contributed by atoms with Crippen molar-refractivity contribution in [3.8, 4) is 11.5 Å². The predicted molar refractivity (Wildman–Crippen MR) is 109 cm³/mol. The molecule has 0 heterocycles. The van der Waals surface area contributed by atoms with Crippen LogP contribution in [0.5, 0.6) is 11.5 Å². The van der Waals surface area contributed by atoms with Crippen LogP contribution in [0.1, 0.15) is 24.0 Å². The summed E-state index contributed by atoms with van der Waals surface area (Å²) in [5.41, 5.74) is 2.07. The van der Waals surface area contributed by atoms with E-state index < -0.39 is 0 Å². The van der Waals surface area contributed by atoms with Crippen molar-refractivity contribution in [1.29, 1.82) is 0 Å². The van der Waals surface area contributed by atoms with Crippen molar-refractivity contribution < 1.29 is 19.1 Å². The van der Waals surface area contributed by atoms with E-state index in [2.05, 4.69) is 0 Å². The average molecular weight is 378 g/mol. The largest absolute Gasteiger partial charge is 0.497 e. The number of hydrogen-bond donors (Lipinski definition) is 0. The van der Waals surface area contributed by atoms with Gasteiger partial charge in [0.25, 0.3) is 0 Å². The summed E-state index contributed by atoms with van der Waals surface area (Å²) < 4.78 is 10.4. The van der Waals surface area contributed by atoms with Crippen LogP contribution in [0, 0.1) is 11.8 Å². The molecule has 0 bridgehead atoms. The Morgan fingerprint density at radius 2 is 1.04 bits per heavy atom. The van der Waals surface area contributed by atoms with Crippen molar-refractivity contribution in [1.82, 2.24) is 0 Å². The Bertz CT molecular complexity index is 762. The number of hydrogen-bond acceptors (Lipinski definition) is 4. The van der Waals surface area contributed by atoms with Crippen molar-refractivity contribution in [2.45, 2.75) is 25.7 Å². The van der Waals surface area contributed by atoms with E-state index in [1.54, 1.807) is 14.2 Å². The maximum atomic E-state index is 12.9. The molecule has 2 aromatic carbocycles. The second-order valence-corrected chi connectivity index (χ2v) is 7.17. The summed E-state index contributed by atoms with van der Waals surface area (Å²) >= 11 is 0. The molecule has 28 heavy (non-hydrogen) atoms. The molecule has 0 unspecified atom stereocenters. The van der Waals surface area contributed by atoms with Crippen LogP contribution < -0.4 is 9.47 Å². The van der Waals surface area contributed by atoms with Crippen LogP contribution in [0.2, 0.25) is 0 Å². The van der Waals surface area contributed by atoms with Crippen LogP contribution in [-0.4, -0.2) is 25.8 Å². The van der Waals surface area contributed by atoms with Gasteiger partial charge in [0.1, 0.15) is 11.5 Å². The van der Waals surface area contributed by atoms with Gasteiger partial charge >= 0.3 is 0 Å². The number of ether oxygens (including phenoxy) is 2. The fourth-order valence-electron chi connectivity index (χ4n) is 3.58. The van der Waals surface area contributed by atoms with E-state index in [0.717, 1.165) is 22.6 Å². The first-order valence-electron chi connectivity index (χ1n) is 9.59. The molecule has 3 rings (SSSR count). The molecule has 1 aliphatic carbocycles. The van der Waals surface area contributed by atoms with Gasteiger partial charge in [0.15, 0.2) is 0 Å². The summed E-state index contributed by atoms with van der Waals surface area (Å²) in [6.07, 6.45) is 6.42. The molecule has 0 fully saturated rings. The molecule has 0 saturated carbocycles. The molecule has 146 valence electrons. The number of carbonyl (C=O) groups is 2. The second kappa shape index (κ2) is 9.36. The van der Waals surface area contributed by atoms with E-state index in [-0.39, 0.29) is 23.4 Å². The van der Waals surface area contributed by atoms with Crippen LogP contribution in [0.3, 0.4) is 0 Å². The lowest BCUT2D eigenvalue weighted by Gasteiger charge is -2.21. The van der Waals surface area contributed by atoms with Gasteiger partial charge in [0.2, 0.25) is 11.6 Å². The molecule has 2 aromatic rings. The lowest BCUT2D eigenvalue weighted by molar-refractivity contribution is -0.141. The molecule has 4 heteroatoms. The van der Waals surface area contributed by atoms with E-state index in [1.165, 1.54) is 0 Å². The minimum Gasteiger partial charge on any atom is -0.497 e. The third kappa shape index (κ3) is 4.89. The minimum atomic E-state index is -0.309. The Morgan fingerprint density at radius 1 is 0.679 bits per heavy atom. The van der Waals surface area contributed by atoms with E-state index in [0.29, 0.717) is 25.7 Å². The first-order valence-corrected chi connectivity index (χ1v) is 9.59. The number of methoxy groups -OCH3 is 2. The molecule has 2 atom stereocenters. The summed E-state index contributed by atoms with van der Waals surface area (Å²) in [7, 11) is 3.25. The molecule has 4 nitrogen and oxygen atoms in total. The van der Waals surface area contributed by atoms with Gasteiger partial charge in [-0.25, -0.2) is 0 Å². The summed E-state index contributed by atoms with van der Waals surface area (Å²) in [4.78, 5) is 25.8. The highest BCUT2D eigenvalue weighted by molar-refractivity contribution is 6.38. The van der Waals surface area contributed by atoms with Gasteiger partial charge in [-0.1, -0.05) is 36.4 Å². The topological polar surface area (TPSA) is 52.6 Å². The normalized spacial score (nSPS) is 19.8. The van der Waals surface area contributed by atoms with Gasteiger partial charge in [-0.2, -0.15) is 0 Å². The van der Waals surface area contributed by atoms with Crippen LogP contribution in [-0.2, 0) is 22.4 Å². The van der Waals surface area contributed by atoms with Crippen molar-refractivity contribution in [3.63, 3.8) is 0 Å². The molecule has 0 spiro atoms. The van der Waals surface area contributed by atoms with Crippen molar-refractivity contribution in [2.75, 3.05) is 14.2 Å². The molecule has 0 saturated heterocycles. The molecule has 0 amide bonds. The number of carbonyl (C=O) groups excluding carboxylic acids is 2. The van der Waals surface area contributed by atoms with Crippen molar-refractivity contribution >= 4 is 11.6 Å². The molecule has 0 radical (unpaired) electrons. The third-order valence-electron chi connectivity index (χ3n) is 5.27. The number of Topliss-reactive ketones (excluding diaryl/α,β-unsaturated/α-hetero) is 2. The number of allylic oxidation sites excluding steroid dienone is 2. The van der Waals surface area contributed by atoms with E-state index in [1.807, 2.05) is 60.7 Å². The molecule has 0 N–H and O–H groups in total. The summed E-state index contributed by atoms with van der Waals surface area (Å²) in [6, 6.07) is 15.3. The Labute approximate surface area is 166 Å². The summed E-state index contributed by atoms with van der Waals surface area (Å²) in [5.74, 6) is 0.440. The fourth-order valence-corrected chi connectivity index (χ4v) is 3.58. The number of rotatable bonds is 6. The van der Waals surface area contributed by atoms with Crippen LogP contribution >= 0.6 is 0 Å². The van der Waals surface area contributed by atoms with E-state index in [4.69, 9.17) is 9.47 Å². The Kier molecular flexibility index (Phi) is 6.64. The van der Waals surface area contributed by atoms with Gasteiger partial charge in [-0.05, 0) is 61.1 Å². The molecular weight excluding hydrogens is 352 g/mol. The molecular formula is C24H26O4. The Hall–Kier alpha value is -2.88. The van der Waals surface area contributed by atoms with Gasteiger partial charge in [-0.15, -0.1) is 0 Å². The highest BCUT2D eigenvalue weighted by Gasteiger charge is 2.31. The van der Waals surface area contributed by atoms with Gasteiger partial charge in [0, 0.05) is 11.8 Å². The highest BCUT2D eigenvalue weighted by Crippen LogP contribution is 2.25. The maximum absolute atomic E-state index is 12.9. The fraction of sp³-hybridized carbons (Fsp3) is 0.333. The van der Waals surface area contributed by atoms with Gasteiger partial charge in [-0.3, -0.25) is 9.59 Å². The first-order chi connectivity index (χ1) is 13.6. The van der Waals surface area contributed by atoms with Crippen LogP contribution in [0.4, 0.5) is 0 Å². The monoisotopic (exact) mass is 378 g/mol. The van der Waals surface area contributed by atoms with E-state index >= 15 is 0 Å². The number of ketones is 2. The lowest BCUT2D eigenvalue weighted by Crippen LogP contribution is -2.32. The predicted octanol–water partition coefficient (Wildman–Crippen LogP) is 4.21. The molecule has 0 aromatic heterocycles. The highest BCUT2D eigenvalue weighted by atomic mass is 16.5. The minimum absolute atomic E-state index is 0.251. The maximum Gasteiger partial charge on any atom is 0.202 e. The number of benzene rings is 2. The molecule has 0 aliphatic heterocycles. The van der Waals surface area contributed by atoms with E-state index in [9.17, 15) is 9.59 Å². The third-order valence-corrected chi connectivity index (χ3v) is 5.27. The smallest absolute Gasteiger partial charge is 0.202 e. The first kappa shape index (κ1) is 19.9. The summed E-state index contributed by atoms with van der Waals surface area (Å²) in [6.45, 7) is 0. The Balaban J connectivity index is 1.71. The lowest BCUT2D eigenvalue weighted by atomic mass is 9.81. The van der Waals surface area contributed by atoms with Gasteiger partial charge < -0.3 is 9.47 Å². The standard InChI is InChI=1S/C24H26O4/c1-27-21-11-7-17(8-12-21)15-19-5-3-4-6-20(24(26)23(19)25)16-18-9-13-22(28-2)14-10-18/h3-4,7-14,19-20H,5-6,15-16H2,1-2H3/t19-,20+. The zero-order valence-corrected chi connectivity index (χ0v) is 16.4. The van der Waals surface area contributed by atoms with Crippen molar-refractivity contribution in [3.05, 3.63) is 71.8 Å². The quantitative estimate of drug-likeness (QED) is 0.558. The SMILES string of the molecule is COc1ccc(C[C@H]2CC=CC[C@@H](Cc3ccc(OC)cc3)C(=O)C2=O)cc1. The second-order valence-electron chi connectivity index (χ2n) is 7.17. The average Bonchev–Trinajstić information content (AvgIpc) is 2.74.